The van der Waals surface area contributed by atoms with E-state index in [9.17, 15) is 0 Å². The average molecular weight is 241 g/mol. The molecule has 0 bridgehead atoms. The van der Waals surface area contributed by atoms with Gasteiger partial charge in [-0.1, -0.05) is 55.6 Å². The summed E-state index contributed by atoms with van der Waals surface area (Å²) in [6, 6.07) is 0. The Labute approximate surface area is 111 Å². The highest BCUT2D eigenvalue weighted by Crippen LogP contribution is 2.16. The van der Waals surface area contributed by atoms with Gasteiger partial charge in [-0.15, -0.1) is 0 Å². The fraction of sp³-hybridized carbons (Fsp3) is 0.471. The first-order chi connectivity index (χ1) is 8.63. The topological polar surface area (TPSA) is 23.9 Å². The molecular formula is C17H23N. The van der Waals surface area contributed by atoms with Crippen molar-refractivity contribution in [2.45, 2.75) is 40.0 Å². The van der Waals surface area contributed by atoms with Crippen LogP contribution in [-0.4, -0.2) is 6.21 Å². The molecule has 18 heavy (non-hydrogen) atoms. The third kappa shape index (κ3) is 5.19. The third-order valence-corrected chi connectivity index (χ3v) is 3.05. The maximum absolute atomic E-state index is 7.29. The van der Waals surface area contributed by atoms with Crippen LogP contribution in [0.3, 0.4) is 0 Å². The first-order valence-electron chi connectivity index (χ1n) is 6.67. The van der Waals surface area contributed by atoms with E-state index in [1.165, 1.54) is 18.2 Å². The van der Waals surface area contributed by atoms with Crippen LogP contribution in [0.4, 0.5) is 0 Å². The molecule has 1 aliphatic rings. The predicted octanol–water partition coefficient (Wildman–Crippen LogP) is 4.52. The van der Waals surface area contributed by atoms with E-state index in [2.05, 4.69) is 44.8 Å². The third-order valence-electron chi connectivity index (χ3n) is 3.05. The SMILES string of the molecule is C/C(=C\CCC(C)C)C1C#CC/C=C(C=N)\C=C/1. The highest BCUT2D eigenvalue weighted by Gasteiger charge is 2.04. The molecule has 1 unspecified atom stereocenters. The molecule has 96 valence electrons. The zero-order valence-electron chi connectivity index (χ0n) is 11.7. The average Bonchev–Trinajstić information content (AvgIpc) is 2.28. The molecule has 0 spiro atoms. The van der Waals surface area contributed by atoms with Crippen LogP contribution in [0.2, 0.25) is 0 Å². The summed E-state index contributed by atoms with van der Waals surface area (Å²) in [4.78, 5) is 0. The number of hydrogen-bond donors (Lipinski definition) is 1. The van der Waals surface area contributed by atoms with Gasteiger partial charge in [0.1, 0.15) is 0 Å². The van der Waals surface area contributed by atoms with Gasteiger partial charge in [-0.05, 0) is 31.3 Å². The van der Waals surface area contributed by atoms with Crippen LogP contribution in [0.1, 0.15) is 40.0 Å². The molecule has 1 N–H and O–H groups in total. The van der Waals surface area contributed by atoms with Gasteiger partial charge >= 0.3 is 0 Å². The summed E-state index contributed by atoms with van der Waals surface area (Å²) in [5, 5.41) is 7.29. The summed E-state index contributed by atoms with van der Waals surface area (Å²) in [6.45, 7) is 6.65. The fourth-order valence-electron chi connectivity index (χ4n) is 1.81. The smallest absolute Gasteiger partial charge is 0.0593 e. The molecule has 1 aliphatic carbocycles. The molecule has 0 saturated carbocycles. The molecule has 0 amide bonds. The van der Waals surface area contributed by atoms with Crippen LogP contribution in [0.15, 0.2) is 35.5 Å². The van der Waals surface area contributed by atoms with E-state index < -0.39 is 0 Å². The van der Waals surface area contributed by atoms with Crippen molar-refractivity contribution in [3.05, 3.63) is 35.5 Å². The molecule has 0 aliphatic heterocycles. The zero-order chi connectivity index (χ0) is 13.4. The van der Waals surface area contributed by atoms with Crippen molar-refractivity contribution in [1.29, 1.82) is 5.41 Å². The number of hydrogen-bond acceptors (Lipinski definition) is 1. The lowest BCUT2D eigenvalue weighted by Crippen LogP contribution is -1.97. The van der Waals surface area contributed by atoms with Crippen molar-refractivity contribution >= 4 is 6.21 Å². The lowest BCUT2D eigenvalue weighted by Gasteiger charge is -2.09. The van der Waals surface area contributed by atoms with Gasteiger partial charge in [0.15, 0.2) is 0 Å². The lowest BCUT2D eigenvalue weighted by atomic mass is 9.96. The van der Waals surface area contributed by atoms with Crippen LogP contribution in [0.5, 0.6) is 0 Å². The normalized spacial score (nSPS) is 24.3. The molecule has 0 fully saturated rings. The Morgan fingerprint density at radius 2 is 2.33 bits per heavy atom. The predicted molar refractivity (Wildman–Crippen MR) is 79.7 cm³/mol. The minimum atomic E-state index is 0.209. The molecule has 1 heteroatoms. The first kappa shape index (κ1) is 14.5. The summed E-state index contributed by atoms with van der Waals surface area (Å²) in [6.07, 6.45) is 12.9. The van der Waals surface area contributed by atoms with Gasteiger partial charge < -0.3 is 5.41 Å². The summed E-state index contributed by atoms with van der Waals surface area (Å²) in [5.41, 5.74) is 2.27. The standard InChI is InChI=1S/C17H23N/c1-14(2)7-6-8-15(3)17-10-5-4-9-16(13-18)11-12-17/h8-9,11-14,17-18H,4,6-7H2,1-3H3/b12-11-,15-8+,16-9+,18-13?. The van der Waals surface area contributed by atoms with Gasteiger partial charge in [0, 0.05) is 12.6 Å². The second kappa shape index (κ2) is 7.71. The van der Waals surface area contributed by atoms with E-state index in [-0.39, 0.29) is 5.92 Å². The van der Waals surface area contributed by atoms with Gasteiger partial charge in [0.2, 0.25) is 0 Å². The van der Waals surface area contributed by atoms with Crippen LogP contribution >= 0.6 is 0 Å². The second-order valence-corrected chi connectivity index (χ2v) is 5.13. The summed E-state index contributed by atoms with van der Waals surface area (Å²) in [5.74, 6) is 7.40. The molecule has 1 atom stereocenters. The molecular weight excluding hydrogens is 218 g/mol. The van der Waals surface area contributed by atoms with Crippen molar-refractivity contribution in [3.63, 3.8) is 0 Å². The van der Waals surface area contributed by atoms with Gasteiger partial charge in [-0.3, -0.25) is 0 Å². The molecule has 1 rings (SSSR count). The van der Waals surface area contributed by atoms with E-state index in [4.69, 9.17) is 5.41 Å². The minimum absolute atomic E-state index is 0.209. The second-order valence-electron chi connectivity index (χ2n) is 5.13. The molecule has 0 radical (unpaired) electrons. The van der Waals surface area contributed by atoms with Gasteiger partial charge in [-0.25, -0.2) is 0 Å². The minimum Gasteiger partial charge on any atom is -0.308 e. The van der Waals surface area contributed by atoms with Crippen molar-refractivity contribution in [2.24, 2.45) is 11.8 Å². The molecule has 0 aromatic carbocycles. The zero-order valence-corrected chi connectivity index (χ0v) is 11.7. The summed E-state index contributed by atoms with van der Waals surface area (Å²) in [7, 11) is 0. The molecule has 0 heterocycles. The maximum atomic E-state index is 7.29. The van der Waals surface area contributed by atoms with Crippen LogP contribution in [0.25, 0.3) is 0 Å². The van der Waals surface area contributed by atoms with E-state index in [0.717, 1.165) is 24.3 Å². The van der Waals surface area contributed by atoms with E-state index in [0.29, 0.717) is 0 Å². The highest BCUT2D eigenvalue weighted by atomic mass is 14.3. The first-order valence-corrected chi connectivity index (χ1v) is 6.67. The van der Waals surface area contributed by atoms with E-state index in [1.54, 1.807) is 0 Å². The van der Waals surface area contributed by atoms with Gasteiger partial charge in [-0.2, -0.15) is 0 Å². The Balaban J connectivity index is 2.69. The van der Waals surface area contributed by atoms with Crippen molar-refractivity contribution < 1.29 is 0 Å². The Morgan fingerprint density at radius 3 is 3.00 bits per heavy atom. The van der Waals surface area contributed by atoms with Gasteiger partial charge in [0.05, 0.1) is 5.92 Å². The van der Waals surface area contributed by atoms with E-state index >= 15 is 0 Å². The summed E-state index contributed by atoms with van der Waals surface area (Å²) >= 11 is 0. The molecule has 0 aromatic rings. The van der Waals surface area contributed by atoms with Crippen LogP contribution in [-0.2, 0) is 0 Å². The van der Waals surface area contributed by atoms with Crippen molar-refractivity contribution in [3.8, 4) is 11.8 Å². The Morgan fingerprint density at radius 1 is 1.56 bits per heavy atom. The molecule has 0 saturated heterocycles. The largest absolute Gasteiger partial charge is 0.308 e. The van der Waals surface area contributed by atoms with Crippen LogP contribution < -0.4 is 0 Å². The summed E-state index contributed by atoms with van der Waals surface area (Å²) < 4.78 is 0. The monoisotopic (exact) mass is 241 g/mol. The highest BCUT2D eigenvalue weighted by molar-refractivity contribution is 5.79. The van der Waals surface area contributed by atoms with E-state index in [1.807, 2.05) is 12.2 Å². The Kier molecular flexibility index (Phi) is 6.22. The van der Waals surface area contributed by atoms with Crippen molar-refractivity contribution in [1.82, 2.24) is 0 Å². The quantitative estimate of drug-likeness (QED) is 0.415. The maximum Gasteiger partial charge on any atom is 0.0593 e. The fourth-order valence-corrected chi connectivity index (χ4v) is 1.81. The number of rotatable bonds is 5. The lowest BCUT2D eigenvalue weighted by molar-refractivity contribution is 0.592. The van der Waals surface area contributed by atoms with Gasteiger partial charge in [0.25, 0.3) is 0 Å². The number of nitrogens with one attached hydrogen (secondary N) is 1. The van der Waals surface area contributed by atoms with Crippen LogP contribution in [0, 0.1) is 29.1 Å². The number of allylic oxidation sites excluding steroid dienone is 6. The van der Waals surface area contributed by atoms with Crippen molar-refractivity contribution in [2.75, 3.05) is 0 Å². The molecule has 0 aromatic heterocycles. The molecule has 1 nitrogen and oxygen atoms in total. The Hall–Kier alpha value is -1.55. The Bertz CT molecular complexity index is 424.